The van der Waals surface area contributed by atoms with Gasteiger partial charge in [0.15, 0.2) is 0 Å². The summed E-state index contributed by atoms with van der Waals surface area (Å²) in [4.78, 5) is 9.41. The average Bonchev–Trinajstić information content (AvgIpc) is 2.24. The number of non-ortho nitro benzene ring substituents is 1. The van der Waals surface area contributed by atoms with Crippen LogP contribution < -0.4 is 5.73 Å². The van der Waals surface area contributed by atoms with Crippen molar-refractivity contribution in [2.24, 2.45) is 5.73 Å². The third-order valence-corrected chi connectivity index (χ3v) is 3.13. The fourth-order valence-electron chi connectivity index (χ4n) is 1.08. The Morgan fingerprint density at radius 2 is 2.12 bits per heavy atom. The second kappa shape index (κ2) is 5.14. The Morgan fingerprint density at radius 3 is 2.59 bits per heavy atom. The van der Waals surface area contributed by atoms with Crippen LogP contribution in [-0.4, -0.2) is 19.9 Å². The van der Waals surface area contributed by atoms with Gasteiger partial charge in [0.05, 0.1) is 11.5 Å². The summed E-state index contributed by atoms with van der Waals surface area (Å²) in [5.74, 6) is 4.93. The van der Waals surface area contributed by atoms with Crippen LogP contribution >= 0.6 is 10.7 Å². The van der Waals surface area contributed by atoms with E-state index in [1.54, 1.807) is 0 Å². The number of benzene rings is 1. The van der Waals surface area contributed by atoms with E-state index >= 15 is 0 Å². The molecule has 0 bridgehead atoms. The van der Waals surface area contributed by atoms with Crippen LogP contribution in [0.4, 0.5) is 5.69 Å². The van der Waals surface area contributed by atoms with Crippen molar-refractivity contribution < 1.29 is 13.3 Å². The summed E-state index contributed by atoms with van der Waals surface area (Å²) in [6, 6.07) is 3.23. The van der Waals surface area contributed by atoms with Gasteiger partial charge >= 0.3 is 0 Å². The molecule has 0 atom stereocenters. The average molecular weight is 275 g/mol. The highest BCUT2D eigenvalue weighted by atomic mass is 35.7. The molecule has 0 aromatic heterocycles. The van der Waals surface area contributed by atoms with Crippen molar-refractivity contribution in [1.82, 2.24) is 0 Å². The number of halogens is 1. The van der Waals surface area contributed by atoms with Crippen molar-refractivity contribution in [2.45, 2.75) is 4.90 Å². The van der Waals surface area contributed by atoms with E-state index in [4.69, 9.17) is 16.4 Å². The normalized spacial score (nSPS) is 10.5. The highest BCUT2D eigenvalue weighted by molar-refractivity contribution is 8.13. The van der Waals surface area contributed by atoms with Gasteiger partial charge in [-0.2, -0.15) is 0 Å². The monoisotopic (exact) mass is 274 g/mol. The highest BCUT2D eigenvalue weighted by Crippen LogP contribution is 2.24. The molecule has 1 aromatic carbocycles. The molecule has 2 N–H and O–H groups in total. The van der Waals surface area contributed by atoms with Crippen LogP contribution in [0.1, 0.15) is 5.56 Å². The second-order valence-corrected chi connectivity index (χ2v) is 5.42. The molecule has 0 saturated heterocycles. The zero-order chi connectivity index (χ0) is 13.1. The molecule has 0 saturated carbocycles. The summed E-state index contributed by atoms with van der Waals surface area (Å²) < 4.78 is 22.5. The zero-order valence-corrected chi connectivity index (χ0v) is 9.96. The number of hydrogen-bond acceptors (Lipinski definition) is 5. The van der Waals surface area contributed by atoms with Gasteiger partial charge in [-0.15, -0.1) is 0 Å². The Kier molecular flexibility index (Phi) is 4.07. The maximum Gasteiger partial charge on any atom is 0.270 e. The number of hydrogen-bond donors (Lipinski definition) is 1. The first-order valence-electron chi connectivity index (χ1n) is 4.28. The molecule has 0 spiro atoms. The predicted molar refractivity (Wildman–Crippen MR) is 62.1 cm³/mol. The Labute approximate surface area is 102 Å². The second-order valence-electron chi connectivity index (χ2n) is 2.88. The standard InChI is InChI=1S/C9H7ClN2O4S/c10-17(15,16)9-6-8(12(13)14)4-3-7(9)2-1-5-11/h3-4,6H,5,11H2. The van der Waals surface area contributed by atoms with Gasteiger partial charge in [-0.05, 0) is 6.07 Å². The smallest absolute Gasteiger partial charge is 0.270 e. The summed E-state index contributed by atoms with van der Waals surface area (Å²) >= 11 is 0. The van der Waals surface area contributed by atoms with Crippen LogP contribution in [0.3, 0.4) is 0 Å². The third-order valence-electron chi connectivity index (χ3n) is 1.76. The van der Waals surface area contributed by atoms with Gasteiger partial charge in [0.1, 0.15) is 4.90 Å². The van der Waals surface area contributed by atoms with Crippen LogP contribution in [0.15, 0.2) is 23.1 Å². The van der Waals surface area contributed by atoms with Crippen molar-refractivity contribution in [3.63, 3.8) is 0 Å². The van der Waals surface area contributed by atoms with E-state index in [1.165, 1.54) is 6.07 Å². The lowest BCUT2D eigenvalue weighted by atomic mass is 10.2. The maximum atomic E-state index is 11.2. The SMILES string of the molecule is NCC#Cc1ccc([N+](=O)[O-])cc1S(=O)(=O)Cl. The molecule has 0 heterocycles. The van der Waals surface area contributed by atoms with E-state index in [0.29, 0.717) is 0 Å². The highest BCUT2D eigenvalue weighted by Gasteiger charge is 2.19. The lowest BCUT2D eigenvalue weighted by molar-refractivity contribution is -0.385. The van der Waals surface area contributed by atoms with E-state index in [0.717, 1.165) is 12.1 Å². The van der Waals surface area contributed by atoms with Crippen LogP contribution in [-0.2, 0) is 9.05 Å². The molecule has 0 aliphatic carbocycles. The first-order chi connectivity index (χ1) is 7.86. The molecule has 0 aliphatic rings. The van der Waals surface area contributed by atoms with Crippen LogP contribution in [0.5, 0.6) is 0 Å². The summed E-state index contributed by atoms with van der Waals surface area (Å²) in [7, 11) is 1.07. The van der Waals surface area contributed by atoms with Crippen molar-refractivity contribution in [2.75, 3.05) is 6.54 Å². The first-order valence-corrected chi connectivity index (χ1v) is 6.59. The molecule has 17 heavy (non-hydrogen) atoms. The molecule has 90 valence electrons. The molecule has 8 heteroatoms. The molecule has 0 radical (unpaired) electrons. The fraction of sp³-hybridized carbons (Fsp3) is 0.111. The lowest BCUT2D eigenvalue weighted by Crippen LogP contribution is -1.99. The number of nitrogens with two attached hydrogens (primary N) is 1. The van der Waals surface area contributed by atoms with Gasteiger partial charge in [0.25, 0.3) is 14.7 Å². The van der Waals surface area contributed by atoms with Gasteiger partial charge in [0, 0.05) is 28.4 Å². The minimum absolute atomic E-state index is 0.0404. The predicted octanol–water partition coefficient (Wildman–Crippen LogP) is 0.833. The summed E-state index contributed by atoms with van der Waals surface area (Å²) in [6.45, 7) is 0.0404. The molecular formula is C9H7ClN2O4S. The number of rotatable bonds is 2. The topological polar surface area (TPSA) is 103 Å². The fourth-order valence-corrected chi connectivity index (χ4v) is 2.10. The third kappa shape index (κ3) is 3.42. The van der Waals surface area contributed by atoms with E-state index in [-0.39, 0.29) is 17.8 Å². The molecule has 1 rings (SSSR count). The van der Waals surface area contributed by atoms with Crippen LogP contribution in [0, 0.1) is 22.0 Å². The summed E-state index contributed by atoms with van der Waals surface area (Å²) in [6.07, 6.45) is 0. The van der Waals surface area contributed by atoms with Crippen molar-refractivity contribution in [3.05, 3.63) is 33.9 Å². The Hall–Kier alpha value is -1.62. The molecule has 0 fully saturated rings. The van der Waals surface area contributed by atoms with Crippen molar-refractivity contribution >= 4 is 25.4 Å². The number of nitro groups is 1. The van der Waals surface area contributed by atoms with Gasteiger partial charge in [-0.1, -0.05) is 11.8 Å². The molecule has 0 unspecified atom stereocenters. The molecule has 0 amide bonds. The molecular weight excluding hydrogens is 268 g/mol. The molecule has 1 aromatic rings. The largest absolute Gasteiger partial charge is 0.320 e. The van der Waals surface area contributed by atoms with Crippen LogP contribution in [0.25, 0.3) is 0 Å². The minimum Gasteiger partial charge on any atom is -0.320 e. The molecule has 0 aliphatic heterocycles. The summed E-state index contributed by atoms with van der Waals surface area (Å²) in [5, 5.41) is 10.5. The Balaban J connectivity index is 3.48. The van der Waals surface area contributed by atoms with E-state index in [9.17, 15) is 18.5 Å². The van der Waals surface area contributed by atoms with Crippen molar-refractivity contribution in [1.29, 1.82) is 0 Å². The maximum absolute atomic E-state index is 11.2. The quantitative estimate of drug-likeness (QED) is 0.372. The van der Waals surface area contributed by atoms with E-state index < -0.39 is 18.9 Å². The van der Waals surface area contributed by atoms with Gasteiger partial charge < -0.3 is 5.73 Å². The lowest BCUT2D eigenvalue weighted by Gasteiger charge is -2.00. The van der Waals surface area contributed by atoms with Crippen molar-refractivity contribution in [3.8, 4) is 11.8 Å². The number of nitrogens with zero attached hydrogens (tertiary/aromatic N) is 1. The minimum atomic E-state index is -4.10. The summed E-state index contributed by atoms with van der Waals surface area (Å²) in [5.41, 5.74) is 4.86. The van der Waals surface area contributed by atoms with E-state index in [1.807, 2.05) is 0 Å². The van der Waals surface area contributed by atoms with E-state index in [2.05, 4.69) is 11.8 Å². The first kappa shape index (κ1) is 13.4. The van der Waals surface area contributed by atoms with Gasteiger partial charge in [-0.25, -0.2) is 8.42 Å². The van der Waals surface area contributed by atoms with Crippen LogP contribution in [0.2, 0.25) is 0 Å². The number of nitro benzene ring substituents is 1. The molecule has 6 nitrogen and oxygen atoms in total. The Bertz CT molecular complexity index is 616. The van der Waals surface area contributed by atoms with Gasteiger partial charge in [-0.3, -0.25) is 10.1 Å². The Morgan fingerprint density at radius 1 is 1.47 bits per heavy atom. The zero-order valence-electron chi connectivity index (χ0n) is 8.38. The van der Waals surface area contributed by atoms with Gasteiger partial charge in [0.2, 0.25) is 0 Å².